The Morgan fingerprint density at radius 2 is 2.12 bits per heavy atom. The third-order valence-corrected chi connectivity index (χ3v) is 5.26. The van der Waals surface area contributed by atoms with Gasteiger partial charge in [-0.2, -0.15) is 0 Å². The third kappa shape index (κ3) is 1.74. The van der Waals surface area contributed by atoms with Crippen molar-refractivity contribution in [2.45, 2.75) is 46.1 Å². The fraction of sp³-hybridized carbons (Fsp3) is 0.846. The van der Waals surface area contributed by atoms with Crippen molar-refractivity contribution in [3.63, 3.8) is 0 Å². The van der Waals surface area contributed by atoms with E-state index in [0.29, 0.717) is 10.7 Å². The second-order valence-corrected chi connectivity index (χ2v) is 6.21. The number of hydrogen-bond acceptors (Lipinski definition) is 3. The first-order valence-electron chi connectivity index (χ1n) is 6.23. The summed E-state index contributed by atoms with van der Waals surface area (Å²) in [6.07, 6.45) is 4.19. The van der Waals surface area contributed by atoms with E-state index in [2.05, 4.69) is 20.8 Å². The van der Waals surface area contributed by atoms with E-state index in [-0.39, 0.29) is 16.9 Å². The lowest BCUT2D eigenvalue weighted by Gasteiger charge is -2.38. The summed E-state index contributed by atoms with van der Waals surface area (Å²) in [6, 6.07) is 0. The Morgan fingerprint density at radius 1 is 1.47 bits per heavy atom. The van der Waals surface area contributed by atoms with Crippen molar-refractivity contribution in [3.8, 4) is 0 Å². The molecule has 0 aromatic carbocycles. The first kappa shape index (κ1) is 12.4. The van der Waals surface area contributed by atoms with Gasteiger partial charge in [-0.25, -0.2) is 9.53 Å². The van der Waals surface area contributed by atoms with Gasteiger partial charge in [-0.15, -0.1) is 0 Å². The van der Waals surface area contributed by atoms with E-state index < -0.39 is 5.97 Å². The van der Waals surface area contributed by atoms with Gasteiger partial charge >= 0.3 is 5.97 Å². The standard InChI is InChI=1S/C13H21NO3/c1-12(2)9-5-6-13(12,3)10(7-9)17-11(15)8-14(4)16/h8-10H,5-7H2,1-4H3/b14-8-/t9-,10+,13+/m0/s1. The molecule has 2 aliphatic carbocycles. The van der Waals surface area contributed by atoms with E-state index >= 15 is 0 Å². The molecule has 2 aliphatic rings. The van der Waals surface area contributed by atoms with Crippen LogP contribution in [0.2, 0.25) is 0 Å². The number of hydroxylamine groups is 1. The number of nitrogens with zero attached hydrogens (tertiary/aromatic N) is 1. The average molecular weight is 239 g/mol. The zero-order valence-corrected chi connectivity index (χ0v) is 11.0. The highest BCUT2D eigenvalue weighted by molar-refractivity contribution is 6.21. The molecule has 2 fully saturated rings. The van der Waals surface area contributed by atoms with E-state index in [1.165, 1.54) is 13.5 Å². The number of carbonyl (C=O) groups excluding carboxylic acids is 1. The molecular weight excluding hydrogens is 218 g/mol. The van der Waals surface area contributed by atoms with Crippen LogP contribution in [0.4, 0.5) is 0 Å². The van der Waals surface area contributed by atoms with Crippen LogP contribution in [-0.2, 0) is 9.53 Å². The predicted octanol–water partition coefficient (Wildman–Crippen LogP) is 1.96. The molecule has 4 nitrogen and oxygen atoms in total. The lowest BCUT2D eigenvalue weighted by Crippen LogP contribution is -2.38. The zero-order valence-electron chi connectivity index (χ0n) is 11.0. The molecule has 0 spiro atoms. The summed E-state index contributed by atoms with van der Waals surface area (Å²) >= 11 is 0. The lowest BCUT2D eigenvalue weighted by atomic mass is 9.70. The minimum Gasteiger partial charge on any atom is -0.624 e. The van der Waals surface area contributed by atoms with Crippen LogP contribution in [0.1, 0.15) is 40.0 Å². The molecule has 0 saturated heterocycles. The Kier molecular flexibility index (Phi) is 2.71. The van der Waals surface area contributed by atoms with Crippen LogP contribution in [0.5, 0.6) is 0 Å². The number of fused-ring (bicyclic) bond motifs is 2. The molecule has 0 N–H and O–H groups in total. The van der Waals surface area contributed by atoms with Crippen molar-refractivity contribution in [1.82, 2.24) is 0 Å². The molecular formula is C13H21NO3. The molecule has 96 valence electrons. The number of rotatable bonds is 2. The SMILES string of the molecule is C/[N+]([O-])=C/C(=O)O[C@@H]1C[C@@H]2CC[C@@]1(C)C2(C)C. The van der Waals surface area contributed by atoms with Crippen LogP contribution in [0.25, 0.3) is 0 Å². The highest BCUT2D eigenvalue weighted by Gasteiger charge is 2.62. The number of esters is 1. The Labute approximate surface area is 102 Å². The monoisotopic (exact) mass is 239 g/mol. The van der Waals surface area contributed by atoms with Gasteiger partial charge in [0, 0.05) is 5.41 Å². The second-order valence-electron chi connectivity index (χ2n) is 6.21. The number of hydrogen-bond donors (Lipinski definition) is 0. The number of carbonyl (C=O) groups is 1. The molecule has 0 aromatic rings. The maximum absolute atomic E-state index is 11.5. The Hall–Kier alpha value is -1.06. The smallest absolute Gasteiger partial charge is 0.396 e. The number of ether oxygens (including phenoxy) is 1. The van der Waals surface area contributed by atoms with Crippen molar-refractivity contribution < 1.29 is 14.3 Å². The molecule has 0 heterocycles. The highest BCUT2D eigenvalue weighted by Crippen LogP contribution is 2.66. The van der Waals surface area contributed by atoms with Crippen molar-refractivity contribution >= 4 is 12.2 Å². The van der Waals surface area contributed by atoms with Crippen LogP contribution in [0.3, 0.4) is 0 Å². The minimum atomic E-state index is -0.517. The summed E-state index contributed by atoms with van der Waals surface area (Å²) in [5, 5.41) is 10.8. The fourth-order valence-corrected chi connectivity index (χ4v) is 3.63. The predicted molar refractivity (Wildman–Crippen MR) is 64.7 cm³/mol. The zero-order chi connectivity index (χ0) is 12.8. The topological polar surface area (TPSA) is 52.4 Å². The fourth-order valence-electron chi connectivity index (χ4n) is 3.63. The van der Waals surface area contributed by atoms with Gasteiger partial charge in [-0.05, 0) is 30.6 Å². The van der Waals surface area contributed by atoms with E-state index in [9.17, 15) is 10.0 Å². The Morgan fingerprint density at radius 3 is 2.53 bits per heavy atom. The Bertz CT molecular complexity index is 371. The molecule has 0 aromatic heterocycles. The van der Waals surface area contributed by atoms with Gasteiger partial charge in [0.1, 0.15) is 13.2 Å². The first-order valence-corrected chi connectivity index (χ1v) is 6.23. The summed E-state index contributed by atoms with van der Waals surface area (Å²) in [4.78, 5) is 11.5. The van der Waals surface area contributed by atoms with Crippen molar-refractivity contribution in [2.75, 3.05) is 7.05 Å². The largest absolute Gasteiger partial charge is 0.624 e. The molecule has 3 atom stereocenters. The molecule has 2 bridgehead atoms. The summed E-state index contributed by atoms with van der Waals surface area (Å²) in [7, 11) is 1.29. The van der Waals surface area contributed by atoms with E-state index in [4.69, 9.17) is 4.74 Å². The summed E-state index contributed by atoms with van der Waals surface area (Å²) < 4.78 is 5.95. The van der Waals surface area contributed by atoms with Crippen LogP contribution >= 0.6 is 0 Å². The average Bonchev–Trinajstić information content (AvgIpc) is 2.49. The van der Waals surface area contributed by atoms with Gasteiger partial charge in [0.25, 0.3) is 6.21 Å². The van der Waals surface area contributed by atoms with Gasteiger partial charge in [-0.3, -0.25) is 0 Å². The van der Waals surface area contributed by atoms with Gasteiger partial charge in [-0.1, -0.05) is 20.8 Å². The van der Waals surface area contributed by atoms with Crippen LogP contribution < -0.4 is 0 Å². The Balaban J connectivity index is 2.11. The van der Waals surface area contributed by atoms with Crippen molar-refractivity contribution in [3.05, 3.63) is 5.21 Å². The second kappa shape index (κ2) is 3.72. The van der Waals surface area contributed by atoms with Gasteiger partial charge in [0.05, 0.1) is 0 Å². The lowest BCUT2D eigenvalue weighted by molar-refractivity contribution is -0.417. The van der Waals surface area contributed by atoms with Gasteiger partial charge in [0.15, 0.2) is 0 Å². The summed E-state index contributed by atoms with van der Waals surface area (Å²) in [5.74, 6) is 0.118. The van der Waals surface area contributed by atoms with Crippen LogP contribution in [0, 0.1) is 22.0 Å². The van der Waals surface area contributed by atoms with Crippen molar-refractivity contribution in [1.29, 1.82) is 0 Å². The summed E-state index contributed by atoms with van der Waals surface area (Å²) in [5.41, 5.74) is 0.282. The van der Waals surface area contributed by atoms with Gasteiger partial charge < -0.3 is 9.94 Å². The van der Waals surface area contributed by atoms with E-state index in [1.807, 2.05) is 0 Å². The summed E-state index contributed by atoms with van der Waals surface area (Å²) in [6.45, 7) is 6.74. The molecule has 0 aliphatic heterocycles. The van der Waals surface area contributed by atoms with E-state index in [1.54, 1.807) is 0 Å². The maximum atomic E-state index is 11.5. The third-order valence-electron chi connectivity index (χ3n) is 5.26. The molecule has 4 heteroatoms. The minimum absolute atomic E-state index is 0.0417. The molecule has 0 unspecified atom stereocenters. The molecule has 0 radical (unpaired) electrons. The normalized spacial score (nSPS) is 39.4. The quantitative estimate of drug-likeness (QED) is 0.243. The molecule has 2 saturated carbocycles. The molecule has 17 heavy (non-hydrogen) atoms. The van der Waals surface area contributed by atoms with Gasteiger partial charge in [0.2, 0.25) is 0 Å². The van der Waals surface area contributed by atoms with E-state index in [0.717, 1.165) is 19.1 Å². The molecule has 2 rings (SSSR count). The maximum Gasteiger partial charge on any atom is 0.396 e. The van der Waals surface area contributed by atoms with Crippen LogP contribution in [-0.4, -0.2) is 30.1 Å². The first-order chi connectivity index (χ1) is 7.77. The molecule has 0 amide bonds. The van der Waals surface area contributed by atoms with Crippen molar-refractivity contribution in [2.24, 2.45) is 16.7 Å². The van der Waals surface area contributed by atoms with Crippen LogP contribution in [0.15, 0.2) is 0 Å². The highest BCUT2D eigenvalue weighted by atomic mass is 16.5.